The lowest BCUT2D eigenvalue weighted by Gasteiger charge is -2.30. The quantitative estimate of drug-likeness (QED) is 0.715. The van der Waals surface area contributed by atoms with Crippen molar-refractivity contribution in [3.63, 3.8) is 0 Å². The van der Waals surface area contributed by atoms with Crippen LogP contribution in [-0.2, 0) is 20.6 Å². The summed E-state index contributed by atoms with van der Waals surface area (Å²) in [7, 11) is -3.59. The zero-order valence-electron chi connectivity index (χ0n) is 15.9. The van der Waals surface area contributed by atoms with Crippen molar-refractivity contribution >= 4 is 44.8 Å². The largest absolute Gasteiger partial charge is 0.454 e. The van der Waals surface area contributed by atoms with Gasteiger partial charge in [0.1, 0.15) is 0 Å². The van der Waals surface area contributed by atoms with Crippen LogP contribution >= 0.6 is 23.2 Å². The van der Waals surface area contributed by atoms with Crippen molar-refractivity contribution < 1.29 is 22.7 Å². The number of amides is 1. The van der Waals surface area contributed by atoms with Crippen molar-refractivity contribution in [1.82, 2.24) is 4.31 Å². The van der Waals surface area contributed by atoms with E-state index in [2.05, 4.69) is 5.32 Å². The van der Waals surface area contributed by atoms with Gasteiger partial charge in [0.2, 0.25) is 22.7 Å². The summed E-state index contributed by atoms with van der Waals surface area (Å²) in [6.45, 7) is 0.701. The Kier molecular flexibility index (Phi) is 6.11. The summed E-state index contributed by atoms with van der Waals surface area (Å²) in [5, 5.41) is 3.52. The molecule has 2 aromatic rings. The number of hydrogen-bond acceptors (Lipinski definition) is 5. The van der Waals surface area contributed by atoms with E-state index in [0.717, 1.165) is 0 Å². The van der Waals surface area contributed by atoms with Gasteiger partial charge < -0.3 is 14.8 Å². The van der Waals surface area contributed by atoms with Gasteiger partial charge in [-0.25, -0.2) is 12.7 Å². The van der Waals surface area contributed by atoms with Crippen LogP contribution in [0.5, 0.6) is 11.5 Å². The predicted molar refractivity (Wildman–Crippen MR) is 115 cm³/mol. The number of ether oxygens (including phenoxy) is 2. The molecule has 10 heteroatoms. The summed E-state index contributed by atoms with van der Waals surface area (Å²) in [6, 6.07) is 10.1. The summed E-state index contributed by atoms with van der Waals surface area (Å²) < 4.78 is 37.6. The third-order valence-corrected chi connectivity index (χ3v) is 7.76. The summed E-state index contributed by atoms with van der Waals surface area (Å²) in [5.41, 5.74) is 1.01. The molecule has 1 amide bonds. The molecule has 0 spiro atoms. The number of carbonyl (C=O) groups is 1. The van der Waals surface area contributed by atoms with Crippen LogP contribution in [0.3, 0.4) is 0 Å². The van der Waals surface area contributed by atoms with E-state index >= 15 is 0 Å². The predicted octanol–water partition coefficient (Wildman–Crippen LogP) is 3.90. The van der Waals surface area contributed by atoms with Crippen molar-refractivity contribution in [2.45, 2.75) is 18.6 Å². The first-order chi connectivity index (χ1) is 14.3. The van der Waals surface area contributed by atoms with E-state index in [1.807, 2.05) is 0 Å². The fourth-order valence-electron chi connectivity index (χ4n) is 3.56. The van der Waals surface area contributed by atoms with E-state index in [9.17, 15) is 13.2 Å². The number of benzene rings is 2. The molecule has 0 radical (unpaired) electrons. The molecular formula is C20H20Cl2N2O5S. The van der Waals surface area contributed by atoms with Gasteiger partial charge in [-0.05, 0) is 37.1 Å². The number of rotatable bonds is 5. The second-order valence-electron chi connectivity index (χ2n) is 7.19. The summed E-state index contributed by atoms with van der Waals surface area (Å²) in [4.78, 5) is 12.6. The van der Waals surface area contributed by atoms with Crippen LogP contribution in [0.2, 0.25) is 10.0 Å². The van der Waals surface area contributed by atoms with Crippen LogP contribution in [-0.4, -0.2) is 38.5 Å². The molecule has 1 N–H and O–H groups in total. The van der Waals surface area contributed by atoms with Gasteiger partial charge in [0.15, 0.2) is 11.5 Å². The van der Waals surface area contributed by atoms with Gasteiger partial charge in [-0.2, -0.15) is 0 Å². The number of piperidine rings is 1. The lowest BCUT2D eigenvalue weighted by molar-refractivity contribution is -0.120. The highest BCUT2D eigenvalue weighted by Gasteiger charge is 2.32. The van der Waals surface area contributed by atoms with Crippen LogP contribution in [0.15, 0.2) is 36.4 Å². The van der Waals surface area contributed by atoms with E-state index in [-0.39, 0.29) is 37.5 Å². The van der Waals surface area contributed by atoms with Crippen LogP contribution in [0.4, 0.5) is 5.69 Å². The summed E-state index contributed by atoms with van der Waals surface area (Å²) in [5.74, 6) is 0.558. The van der Waals surface area contributed by atoms with Crippen molar-refractivity contribution in [3.05, 3.63) is 52.0 Å². The standard InChI is InChI=1S/C20H20Cl2N2O5S/c21-16-2-1-3-17(22)15(16)11-30(26,27)24-8-6-13(7-9-24)20(25)23-14-4-5-18-19(10-14)29-12-28-18/h1-5,10,13H,6-9,11-12H2,(H,23,25). The number of carbonyl (C=O) groups excluding carboxylic acids is 1. The number of fused-ring (bicyclic) bond motifs is 1. The topological polar surface area (TPSA) is 84.9 Å². The molecule has 30 heavy (non-hydrogen) atoms. The molecule has 1 saturated heterocycles. The molecule has 2 aliphatic heterocycles. The highest BCUT2D eigenvalue weighted by molar-refractivity contribution is 7.88. The second-order valence-corrected chi connectivity index (χ2v) is 9.97. The van der Waals surface area contributed by atoms with Crippen molar-refractivity contribution in [2.75, 3.05) is 25.2 Å². The van der Waals surface area contributed by atoms with Gasteiger partial charge >= 0.3 is 0 Å². The van der Waals surface area contributed by atoms with Crippen molar-refractivity contribution in [1.29, 1.82) is 0 Å². The Hall–Kier alpha value is -2.00. The smallest absolute Gasteiger partial charge is 0.231 e. The maximum absolute atomic E-state index is 12.8. The van der Waals surface area contributed by atoms with Gasteiger partial charge in [-0.3, -0.25) is 4.79 Å². The molecule has 0 bridgehead atoms. The van der Waals surface area contributed by atoms with Gasteiger partial charge in [0.05, 0.1) is 5.75 Å². The molecule has 2 heterocycles. The Morgan fingerprint density at radius 3 is 2.43 bits per heavy atom. The Labute approximate surface area is 184 Å². The minimum Gasteiger partial charge on any atom is -0.454 e. The first kappa shape index (κ1) is 21.2. The summed E-state index contributed by atoms with van der Waals surface area (Å²) >= 11 is 12.2. The molecule has 2 aliphatic rings. The Balaban J connectivity index is 1.35. The molecule has 1 fully saturated rings. The minimum atomic E-state index is -3.59. The number of nitrogens with one attached hydrogen (secondary N) is 1. The van der Waals surface area contributed by atoms with Crippen molar-refractivity contribution in [3.8, 4) is 11.5 Å². The molecule has 0 unspecified atom stereocenters. The van der Waals surface area contributed by atoms with Gasteiger partial charge in [-0.1, -0.05) is 29.3 Å². The number of halogens is 2. The molecule has 0 saturated carbocycles. The zero-order valence-corrected chi connectivity index (χ0v) is 18.3. The van der Waals surface area contributed by atoms with E-state index in [0.29, 0.717) is 45.6 Å². The van der Waals surface area contributed by atoms with E-state index in [4.69, 9.17) is 32.7 Å². The fraction of sp³-hybridized carbons (Fsp3) is 0.350. The average molecular weight is 471 g/mol. The molecule has 0 aromatic heterocycles. The SMILES string of the molecule is O=C(Nc1ccc2c(c1)OCO2)C1CCN(S(=O)(=O)Cc2c(Cl)cccc2Cl)CC1. The number of sulfonamides is 1. The molecular weight excluding hydrogens is 451 g/mol. The Morgan fingerprint density at radius 2 is 1.73 bits per heavy atom. The highest BCUT2D eigenvalue weighted by Crippen LogP contribution is 2.35. The third-order valence-electron chi connectivity index (χ3n) is 5.25. The molecule has 160 valence electrons. The van der Waals surface area contributed by atoms with Crippen LogP contribution in [0.25, 0.3) is 0 Å². The first-order valence-electron chi connectivity index (χ1n) is 9.45. The van der Waals surface area contributed by atoms with Crippen LogP contribution in [0, 0.1) is 5.92 Å². The lowest BCUT2D eigenvalue weighted by atomic mass is 9.97. The number of hydrogen-bond donors (Lipinski definition) is 1. The first-order valence-corrected chi connectivity index (χ1v) is 11.8. The average Bonchev–Trinajstić information content (AvgIpc) is 3.19. The monoisotopic (exact) mass is 470 g/mol. The second kappa shape index (κ2) is 8.63. The maximum atomic E-state index is 12.8. The number of nitrogens with zero attached hydrogens (tertiary/aromatic N) is 1. The minimum absolute atomic E-state index is 0.139. The lowest BCUT2D eigenvalue weighted by Crippen LogP contribution is -2.41. The molecule has 7 nitrogen and oxygen atoms in total. The van der Waals surface area contributed by atoms with E-state index in [1.54, 1.807) is 36.4 Å². The van der Waals surface area contributed by atoms with Gasteiger partial charge in [0, 0.05) is 46.4 Å². The molecule has 0 atom stereocenters. The van der Waals surface area contributed by atoms with Crippen LogP contribution in [0.1, 0.15) is 18.4 Å². The molecule has 4 rings (SSSR count). The Morgan fingerprint density at radius 1 is 1.07 bits per heavy atom. The van der Waals surface area contributed by atoms with Crippen LogP contribution < -0.4 is 14.8 Å². The van der Waals surface area contributed by atoms with Gasteiger partial charge in [0.25, 0.3) is 0 Å². The van der Waals surface area contributed by atoms with Gasteiger partial charge in [-0.15, -0.1) is 0 Å². The highest BCUT2D eigenvalue weighted by atomic mass is 35.5. The molecule has 0 aliphatic carbocycles. The molecule has 2 aromatic carbocycles. The normalized spacial score (nSPS) is 17.1. The fourth-order valence-corrected chi connectivity index (χ4v) is 5.87. The zero-order chi connectivity index (χ0) is 21.3. The maximum Gasteiger partial charge on any atom is 0.231 e. The van der Waals surface area contributed by atoms with E-state index < -0.39 is 10.0 Å². The summed E-state index contributed by atoms with van der Waals surface area (Å²) in [6.07, 6.45) is 0.873. The number of anilines is 1. The Bertz CT molecular complexity index is 1050. The van der Waals surface area contributed by atoms with Crippen molar-refractivity contribution in [2.24, 2.45) is 5.92 Å². The third kappa shape index (κ3) is 4.51. The van der Waals surface area contributed by atoms with E-state index in [1.165, 1.54) is 4.31 Å².